The van der Waals surface area contributed by atoms with Crippen molar-refractivity contribution < 1.29 is 0 Å². The predicted molar refractivity (Wildman–Crippen MR) is 50.1 cm³/mol. The van der Waals surface area contributed by atoms with Crippen molar-refractivity contribution in [2.75, 3.05) is 39.3 Å². The first-order valence-electron chi connectivity index (χ1n) is 5.05. The summed E-state index contributed by atoms with van der Waals surface area (Å²) in [5.74, 6) is 0. The second kappa shape index (κ2) is 3.73. The van der Waals surface area contributed by atoms with E-state index in [4.69, 9.17) is 5.73 Å². The Kier molecular flexibility index (Phi) is 2.63. The third-order valence-electron chi connectivity index (χ3n) is 2.92. The highest BCUT2D eigenvalue weighted by atomic mass is 15.2. The highest BCUT2D eigenvalue weighted by Crippen LogP contribution is 2.09. The number of nitrogens with zero attached hydrogens (tertiary/aromatic N) is 2. The van der Waals surface area contributed by atoms with Crippen LogP contribution in [0.3, 0.4) is 0 Å². The Bertz CT molecular complexity index is 137. The summed E-state index contributed by atoms with van der Waals surface area (Å²) in [6, 6.07) is 0.462. The molecule has 3 heteroatoms. The number of hydrogen-bond acceptors (Lipinski definition) is 3. The monoisotopic (exact) mass is 169 g/mol. The van der Waals surface area contributed by atoms with E-state index in [9.17, 15) is 0 Å². The fraction of sp³-hybridized carbons (Fsp3) is 1.00. The van der Waals surface area contributed by atoms with Crippen molar-refractivity contribution in [3.05, 3.63) is 0 Å². The molecule has 2 heterocycles. The molecule has 2 rings (SSSR count). The van der Waals surface area contributed by atoms with E-state index in [1.165, 1.54) is 39.0 Å². The predicted octanol–water partition coefficient (Wildman–Crippen LogP) is -0.275. The summed E-state index contributed by atoms with van der Waals surface area (Å²) in [6.07, 6.45) is 2.80. The number of rotatable bonds is 3. The Labute approximate surface area is 74.5 Å². The highest BCUT2D eigenvalue weighted by Gasteiger charge is 2.23. The summed E-state index contributed by atoms with van der Waals surface area (Å²) >= 11 is 0. The largest absolute Gasteiger partial charge is 0.325 e. The summed E-state index contributed by atoms with van der Waals surface area (Å²) in [5, 5.41) is 0. The lowest BCUT2D eigenvalue weighted by Crippen LogP contribution is -2.57. The standard InChI is InChI=1S/C9H19N3/c10-9-7-12(8-9)6-5-11-3-1-2-4-11/h9H,1-8,10H2. The van der Waals surface area contributed by atoms with E-state index < -0.39 is 0 Å². The molecule has 0 saturated carbocycles. The molecular weight excluding hydrogens is 150 g/mol. The maximum atomic E-state index is 5.70. The van der Waals surface area contributed by atoms with Gasteiger partial charge in [0.2, 0.25) is 0 Å². The Hall–Kier alpha value is -0.120. The molecular formula is C9H19N3. The second-order valence-electron chi connectivity index (χ2n) is 4.07. The van der Waals surface area contributed by atoms with Crippen LogP contribution in [0.2, 0.25) is 0 Å². The molecule has 70 valence electrons. The van der Waals surface area contributed by atoms with Gasteiger partial charge in [-0.05, 0) is 25.9 Å². The van der Waals surface area contributed by atoms with Crippen LogP contribution in [0, 0.1) is 0 Å². The molecule has 0 aromatic carbocycles. The van der Waals surface area contributed by atoms with Gasteiger partial charge in [-0.25, -0.2) is 0 Å². The van der Waals surface area contributed by atoms with Crippen molar-refractivity contribution in [2.45, 2.75) is 18.9 Å². The van der Waals surface area contributed by atoms with Gasteiger partial charge in [0.1, 0.15) is 0 Å². The SMILES string of the molecule is NC1CN(CCN2CCCC2)C1. The van der Waals surface area contributed by atoms with E-state index >= 15 is 0 Å². The van der Waals surface area contributed by atoms with Crippen LogP contribution in [-0.2, 0) is 0 Å². The zero-order valence-corrected chi connectivity index (χ0v) is 7.71. The molecule has 0 aromatic rings. The van der Waals surface area contributed by atoms with Gasteiger partial charge in [-0.2, -0.15) is 0 Å². The van der Waals surface area contributed by atoms with Crippen LogP contribution < -0.4 is 5.73 Å². The maximum Gasteiger partial charge on any atom is 0.0297 e. The zero-order valence-electron chi connectivity index (χ0n) is 7.71. The van der Waals surface area contributed by atoms with Crippen LogP contribution >= 0.6 is 0 Å². The third-order valence-corrected chi connectivity index (χ3v) is 2.92. The minimum absolute atomic E-state index is 0.462. The zero-order chi connectivity index (χ0) is 8.39. The summed E-state index contributed by atoms with van der Waals surface area (Å²) in [5.41, 5.74) is 5.70. The molecule has 2 fully saturated rings. The van der Waals surface area contributed by atoms with Gasteiger partial charge in [0.05, 0.1) is 0 Å². The fourth-order valence-electron chi connectivity index (χ4n) is 2.08. The molecule has 3 nitrogen and oxygen atoms in total. The van der Waals surface area contributed by atoms with E-state index in [0.717, 1.165) is 13.1 Å². The molecule has 0 amide bonds. The van der Waals surface area contributed by atoms with Crippen molar-refractivity contribution in [3.63, 3.8) is 0 Å². The molecule has 2 aliphatic rings. The van der Waals surface area contributed by atoms with Gasteiger partial charge in [-0.15, -0.1) is 0 Å². The first-order chi connectivity index (χ1) is 5.84. The van der Waals surface area contributed by atoms with E-state index in [1.807, 2.05) is 0 Å². The van der Waals surface area contributed by atoms with E-state index in [-0.39, 0.29) is 0 Å². The maximum absolute atomic E-state index is 5.70. The van der Waals surface area contributed by atoms with E-state index in [1.54, 1.807) is 0 Å². The summed E-state index contributed by atoms with van der Waals surface area (Å²) in [7, 11) is 0. The smallest absolute Gasteiger partial charge is 0.0297 e. The number of nitrogens with two attached hydrogens (primary N) is 1. The van der Waals surface area contributed by atoms with Gasteiger partial charge < -0.3 is 10.6 Å². The van der Waals surface area contributed by atoms with E-state index in [0.29, 0.717) is 6.04 Å². The van der Waals surface area contributed by atoms with Gasteiger partial charge in [0.25, 0.3) is 0 Å². The lowest BCUT2D eigenvalue weighted by Gasteiger charge is -2.37. The van der Waals surface area contributed by atoms with Gasteiger partial charge in [0, 0.05) is 32.2 Å². The molecule has 2 saturated heterocycles. The van der Waals surface area contributed by atoms with Gasteiger partial charge in [0.15, 0.2) is 0 Å². The van der Waals surface area contributed by atoms with Gasteiger partial charge >= 0.3 is 0 Å². The molecule has 2 N–H and O–H groups in total. The second-order valence-corrected chi connectivity index (χ2v) is 4.07. The van der Waals surface area contributed by atoms with Crippen molar-refractivity contribution in [2.24, 2.45) is 5.73 Å². The molecule has 0 atom stereocenters. The van der Waals surface area contributed by atoms with E-state index in [2.05, 4.69) is 9.80 Å². The van der Waals surface area contributed by atoms with Crippen molar-refractivity contribution in [3.8, 4) is 0 Å². The Morgan fingerprint density at radius 1 is 1.00 bits per heavy atom. The third kappa shape index (κ3) is 1.97. The first kappa shape index (κ1) is 8.48. The van der Waals surface area contributed by atoms with Gasteiger partial charge in [-0.3, -0.25) is 4.90 Å². The molecule has 0 unspecified atom stereocenters. The number of likely N-dealkylation sites (tertiary alicyclic amines) is 2. The normalized spacial score (nSPS) is 27.8. The topological polar surface area (TPSA) is 32.5 Å². The van der Waals surface area contributed by atoms with Crippen molar-refractivity contribution >= 4 is 0 Å². The van der Waals surface area contributed by atoms with Crippen LogP contribution in [0.1, 0.15) is 12.8 Å². The quantitative estimate of drug-likeness (QED) is 0.631. The van der Waals surface area contributed by atoms with Crippen LogP contribution in [0.25, 0.3) is 0 Å². The molecule has 0 spiro atoms. The van der Waals surface area contributed by atoms with Crippen molar-refractivity contribution in [1.29, 1.82) is 0 Å². The molecule has 0 aromatic heterocycles. The molecule has 0 bridgehead atoms. The van der Waals surface area contributed by atoms with Crippen molar-refractivity contribution in [1.82, 2.24) is 9.80 Å². The van der Waals surface area contributed by atoms with Crippen LogP contribution in [0.15, 0.2) is 0 Å². The van der Waals surface area contributed by atoms with Gasteiger partial charge in [-0.1, -0.05) is 0 Å². The molecule has 12 heavy (non-hydrogen) atoms. The Balaban J connectivity index is 1.56. The molecule has 0 radical (unpaired) electrons. The van der Waals surface area contributed by atoms with Crippen LogP contribution in [0.5, 0.6) is 0 Å². The van der Waals surface area contributed by atoms with Crippen LogP contribution in [-0.4, -0.2) is 55.1 Å². The first-order valence-corrected chi connectivity index (χ1v) is 5.05. The van der Waals surface area contributed by atoms with Crippen LogP contribution in [0.4, 0.5) is 0 Å². The lowest BCUT2D eigenvalue weighted by atomic mass is 10.1. The highest BCUT2D eigenvalue weighted by molar-refractivity contribution is 4.83. The number of hydrogen-bond donors (Lipinski definition) is 1. The average molecular weight is 169 g/mol. The Morgan fingerprint density at radius 3 is 2.17 bits per heavy atom. The summed E-state index contributed by atoms with van der Waals surface area (Å²) in [4.78, 5) is 5.01. The summed E-state index contributed by atoms with van der Waals surface area (Å²) < 4.78 is 0. The minimum Gasteiger partial charge on any atom is -0.325 e. The molecule has 2 aliphatic heterocycles. The minimum atomic E-state index is 0.462. The lowest BCUT2D eigenvalue weighted by molar-refractivity contribution is 0.133. The summed E-state index contributed by atoms with van der Waals surface area (Å²) in [6.45, 7) is 7.36. The fourth-order valence-corrected chi connectivity index (χ4v) is 2.08. The molecule has 0 aliphatic carbocycles. The Morgan fingerprint density at radius 2 is 1.58 bits per heavy atom. The average Bonchev–Trinajstić information content (AvgIpc) is 2.47.